The molecule has 0 saturated carbocycles. The Kier molecular flexibility index (Phi) is 6.70. The fraction of sp³-hybridized carbons (Fsp3) is 0.263. The number of methoxy groups -OCH3 is 1. The molecule has 0 spiro atoms. The Labute approximate surface area is 159 Å². The normalized spacial score (nSPS) is 11.7. The van der Waals surface area contributed by atoms with Crippen LogP contribution in [0.5, 0.6) is 5.75 Å². The summed E-state index contributed by atoms with van der Waals surface area (Å²) in [5.41, 5.74) is 4.95. The fourth-order valence-electron chi connectivity index (χ4n) is 2.44. The quantitative estimate of drug-likeness (QED) is 0.580. The lowest BCUT2D eigenvalue weighted by molar-refractivity contribution is -0.121. The molecule has 0 aliphatic carbocycles. The number of carbonyl (C=O) groups is 1. The number of hydrazone groups is 1. The van der Waals surface area contributed by atoms with E-state index < -0.39 is 15.9 Å². The first-order valence-corrected chi connectivity index (χ1v) is 9.67. The minimum atomic E-state index is -3.80. The Bertz CT molecular complexity index is 955. The number of hydrogen-bond donors (Lipinski definition) is 1. The number of aryl methyl sites for hydroxylation is 2. The third-order valence-electron chi connectivity index (χ3n) is 3.89. The molecule has 144 valence electrons. The van der Waals surface area contributed by atoms with Crippen LogP contribution in [-0.2, 0) is 14.8 Å². The van der Waals surface area contributed by atoms with E-state index in [1.54, 1.807) is 13.0 Å². The molecule has 0 fully saturated rings. The predicted octanol–water partition coefficient (Wildman–Crippen LogP) is 2.08. The summed E-state index contributed by atoms with van der Waals surface area (Å²) in [6.07, 6.45) is 1.51. The highest BCUT2D eigenvalue weighted by Crippen LogP contribution is 2.23. The zero-order valence-corrected chi connectivity index (χ0v) is 16.6. The van der Waals surface area contributed by atoms with E-state index in [0.29, 0.717) is 11.3 Å². The van der Waals surface area contributed by atoms with Crippen LogP contribution < -0.4 is 10.2 Å². The molecule has 0 heterocycles. The number of benzene rings is 2. The van der Waals surface area contributed by atoms with Gasteiger partial charge in [-0.15, -0.1) is 0 Å². The Hall–Kier alpha value is -2.71. The van der Waals surface area contributed by atoms with Gasteiger partial charge in [0.1, 0.15) is 5.75 Å². The molecule has 0 saturated heterocycles. The number of hydrogen-bond acceptors (Lipinski definition) is 5. The third kappa shape index (κ3) is 5.38. The average molecular weight is 389 g/mol. The molecule has 0 atom stereocenters. The molecule has 0 unspecified atom stereocenters. The minimum absolute atomic E-state index is 0.0966. The maximum atomic E-state index is 12.6. The first-order chi connectivity index (χ1) is 12.7. The van der Waals surface area contributed by atoms with E-state index in [9.17, 15) is 13.2 Å². The van der Waals surface area contributed by atoms with E-state index in [4.69, 9.17) is 4.74 Å². The van der Waals surface area contributed by atoms with Crippen molar-refractivity contribution in [1.82, 2.24) is 9.73 Å². The molecule has 0 aromatic heterocycles. The smallest absolute Gasteiger partial charge is 0.255 e. The van der Waals surface area contributed by atoms with Gasteiger partial charge in [-0.2, -0.15) is 9.41 Å². The van der Waals surface area contributed by atoms with Crippen molar-refractivity contribution in [2.45, 2.75) is 18.7 Å². The van der Waals surface area contributed by atoms with Crippen molar-refractivity contribution in [2.24, 2.45) is 5.10 Å². The van der Waals surface area contributed by atoms with Gasteiger partial charge < -0.3 is 4.74 Å². The highest BCUT2D eigenvalue weighted by molar-refractivity contribution is 7.89. The molecule has 27 heavy (non-hydrogen) atoms. The van der Waals surface area contributed by atoms with E-state index in [1.165, 1.54) is 32.5 Å². The number of likely N-dealkylation sites (N-methyl/N-ethyl adjacent to an activating group) is 1. The highest BCUT2D eigenvalue weighted by Gasteiger charge is 2.23. The summed E-state index contributed by atoms with van der Waals surface area (Å²) >= 11 is 0. The Morgan fingerprint density at radius 3 is 2.59 bits per heavy atom. The van der Waals surface area contributed by atoms with Crippen LogP contribution in [0.1, 0.15) is 16.7 Å². The highest BCUT2D eigenvalue weighted by atomic mass is 32.2. The zero-order chi connectivity index (χ0) is 20.0. The SMILES string of the molecule is COc1ccc(S(=O)(=O)N(C)CC(=O)N/N=C\c2cccc(C)c2)cc1C. The van der Waals surface area contributed by atoms with Gasteiger partial charge in [-0.1, -0.05) is 29.8 Å². The van der Waals surface area contributed by atoms with Crippen LogP contribution in [0.4, 0.5) is 0 Å². The number of rotatable bonds is 7. The van der Waals surface area contributed by atoms with Crippen molar-refractivity contribution in [2.75, 3.05) is 20.7 Å². The van der Waals surface area contributed by atoms with Crippen molar-refractivity contribution in [3.8, 4) is 5.75 Å². The van der Waals surface area contributed by atoms with Crippen LogP contribution in [0, 0.1) is 13.8 Å². The summed E-state index contributed by atoms with van der Waals surface area (Å²) in [6, 6.07) is 12.2. The number of ether oxygens (including phenoxy) is 1. The van der Waals surface area contributed by atoms with Crippen molar-refractivity contribution in [1.29, 1.82) is 0 Å². The molecule has 7 nitrogen and oxygen atoms in total. The van der Waals surface area contributed by atoms with Crippen molar-refractivity contribution < 1.29 is 17.9 Å². The largest absolute Gasteiger partial charge is 0.496 e. The average Bonchev–Trinajstić information content (AvgIpc) is 2.61. The number of sulfonamides is 1. The Morgan fingerprint density at radius 1 is 1.22 bits per heavy atom. The summed E-state index contributed by atoms with van der Waals surface area (Å²) in [6.45, 7) is 3.36. The molecule has 0 aliphatic heterocycles. The predicted molar refractivity (Wildman–Crippen MR) is 104 cm³/mol. The van der Waals surface area contributed by atoms with Crippen LogP contribution in [-0.4, -0.2) is 45.5 Å². The van der Waals surface area contributed by atoms with E-state index >= 15 is 0 Å². The molecular formula is C19H23N3O4S. The lowest BCUT2D eigenvalue weighted by atomic mass is 10.2. The van der Waals surface area contributed by atoms with Crippen LogP contribution in [0.25, 0.3) is 0 Å². The maximum absolute atomic E-state index is 12.6. The van der Waals surface area contributed by atoms with Crippen LogP contribution >= 0.6 is 0 Å². The molecule has 2 rings (SSSR count). The summed E-state index contributed by atoms with van der Waals surface area (Å²) in [5.74, 6) is 0.0649. The van der Waals surface area contributed by atoms with Gasteiger partial charge in [0.15, 0.2) is 0 Å². The molecular weight excluding hydrogens is 366 g/mol. The second-order valence-electron chi connectivity index (χ2n) is 6.10. The summed E-state index contributed by atoms with van der Waals surface area (Å²) in [7, 11) is -0.935. The number of carbonyl (C=O) groups excluding carboxylic acids is 1. The lowest BCUT2D eigenvalue weighted by Gasteiger charge is -2.17. The van der Waals surface area contributed by atoms with Gasteiger partial charge in [0, 0.05) is 7.05 Å². The zero-order valence-electron chi connectivity index (χ0n) is 15.8. The third-order valence-corrected chi connectivity index (χ3v) is 5.69. The summed E-state index contributed by atoms with van der Waals surface area (Å²) < 4.78 is 31.4. The van der Waals surface area contributed by atoms with Gasteiger partial charge in [0.25, 0.3) is 5.91 Å². The first kappa shape index (κ1) is 20.6. The Balaban J connectivity index is 2.01. The van der Waals surface area contributed by atoms with E-state index in [0.717, 1.165) is 15.4 Å². The van der Waals surface area contributed by atoms with Crippen molar-refractivity contribution in [3.63, 3.8) is 0 Å². The molecule has 0 radical (unpaired) electrons. The van der Waals surface area contributed by atoms with E-state index in [-0.39, 0.29) is 11.4 Å². The monoisotopic (exact) mass is 389 g/mol. The molecule has 1 N–H and O–H groups in total. The van der Waals surface area contributed by atoms with E-state index in [2.05, 4.69) is 10.5 Å². The van der Waals surface area contributed by atoms with Gasteiger partial charge in [0.05, 0.1) is 24.8 Å². The van der Waals surface area contributed by atoms with Crippen LogP contribution in [0.15, 0.2) is 52.5 Å². The van der Waals surface area contributed by atoms with Gasteiger partial charge >= 0.3 is 0 Å². The Morgan fingerprint density at radius 2 is 1.96 bits per heavy atom. The first-order valence-electron chi connectivity index (χ1n) is 8.23. The summed E-state index contributed by atoms with van der Waals surface area (Å²) in [5, 5.41) is 3.86. The minimum Gasteiger partial charge on any atom is -0.496 e. The number of nitrogens with one attached hydrogen (secondary N) is 1. The molecule has 2 aromatic rings. The maximum Gasteiger partial charge on any atom is 0.255 e. The second-order valence-corrected chi connectivity index (χ2v) is 8.14. The molecule has 0 aliphatic rings. The summed E-state index contributed by atoms with van der Waals surface area (Å²) in [4.78, 5) is 12.1. The second kappa shape index (κ2) is 8.79. The van der Waals surface area contributed by atoms with E-state index in [1.807, 2.05) is 31.2 Å². The number of amides is 1. The molecule has 2 aromatic carbocycles. The van der Waals surface area contributed by atoms with Crippen molar-refractivity contribution in [3.05, 3.63) is 59.2 Å². The standard InChI is InChI=1S/C19H23N3O4S/c1-14-6-5-7-16(10-14)12-20-21-19(23)13-22(3)27(24,25)17-8-9-18(26-4)15(2)11-17/h5-12H,13H2,1-4H3,(H,21,23)/b20-12-. The number of nitrogens with zero attached hydrogens (tertiary/aromatic N) is 2. The van der Waals surface area contributed by atoms with Gasteiger partial charge in [-0.3, -0.25) is 4.79 Å². The molecule has 8 heteroatoms. The molecule has 0 bridgehead atoms. The van der Waals surface area contributed by atoms with Crippen molar-refractivity contribution >= 4 is 22.1 Å². The van der Waals surface area contributed by atoms with Gasteiger partial charge in [-0.25, -0.2) is 13.8 Å². The molecule has 1 amide bonds. The lowest BCUT2D eigenvalue weighted by Crippen LogP contribution is -2.36. The van der Waals surface area contributed by atoms with Gasteiger partial charge in [-0.05, 0) is 43.2 Å². The van der Waals surface area contributed by atoms with Crippen LogP contribution in [0.2, 0.25) is 0 Å². The topological polar surface area (TPSA) is 88.1 Å². The van der Waals surface area contributed by atoms with Gasteiger partial charge in [0.2, 0.25) is 10.0 Å². The van der Waals surface area contributed by atoms with Crippen LogP contribution in [0.3, 0.4) is 0 Å². The fourth-order valence-corrected chi connectivity index (χ4v) is 3.66.